The van der Waals surface area contributed by atoms with Crippen molar-refractivity contribution in [2.24, 2.45) is 5.92 Å². The van der Waals surface area contributed by atoms with Gasteiger partial charge in [-0.25, -0.2) is 9.37 Å². The van der Waals surface area contributed by atoms with Gasteiger partial charge >= 0.3 is 5.97 Å². The van der Waals surface area contributed by atoms with Crippen LogP contribution in [0.3, 0.4) is 0 Å². The van der Waals surface area contributed by atoms with E-state index in [0.717, 1.165) is 0 Å². The van der Waals surface area contributed by atoms with Crippen LogP contribution in [-0.4, -0.2) is 53.4 Å². The highest BCUT2D eigenvalue weighted by Crippen LogP contribution is 2.27. The molecule has 35 heavy (non-hydrogen) atoms. The van der Waals surface area contributed by atoms with Gasteiger partial charge in [-0.15, -0.1) is 0 Å². The highest BCUT2D eigenvalue weighted by atomic mass is 19.1. The summed E-state index contributed by atoms with van der Waals surface area (Å²) in [6.45, 7) is 14.6. The molecule has 0 radical (unpaired) electrons. The van der Waals surface area contributed by atoms with Gasteiger partial charge in [0.1, 0.15) is 30.5 Å². The van der Waals surface area contributed by atoms with Crippen LogP contribution in [0.1, 0.15) is 60.1 Å². The topological polar surface area (TPSA) is 85.8 Å². The monoisotopic (exact) mass is 488 g/mol. The lowest BCUT2D eigenvalue weighted by Gasteiger charge is -2.40. The van der Waals surface area contributed by atoms with E-state index in [2.05, 4.69) is 15.3 Å². The average molecular weight is 489 g/mol. The van der Waals surface area contributed by atoms with Crippen LogP contribution in [-0.2, 0) is 14.3 Å². The Hall–Kier alpha value is -2.94. The van der Waals surface area contributed by atoms with Crippen molar-refractivity contribution in [1.82, 2.24) is 9.97 Å². The summed E-state index contributed by atoms with van der Waals surface area (Å²) in [6.07, 6.45) is 1.40. The van der Waals surface area contributed by atoms with Gasteiger partial charge in [0.2, 0.25) is 5.95 Å². The van der Waals surface area contributed by atoms with Gasteiger partial charge in [-0.2, -0.15) is 4.98 Å². The summed E-state index contributed by atoms with van der Waals surface area (Å²) in [4.78, 5) is 22.9. The molecule has 1 aromatic carbocycles. The standard InChI is InChI=1S/C26H37FN4O4/c1-16(2)14-33-19-8-9-20(21(27)12-19)17(3)29-25-28-11-10-23(30-25)31-13-24(32)34-15-22(31)18(4)35-26(5,6)7/h8-12,16-18,22H,13-15H2,1-7H3,(H,28,29,30)/t17-,18+,22+/m0/s1. The predicted molar refractivity (Wildman–Crippen MR) is 133 cm³/mol. The molecule has 0 unspecified atom stereocenters. The highest BCUT2D eigenvalue weighted by Gasteiger charge is 2.35. The number of carbonyl (C=O) groups excluding carboxylic acids is 1. The number of hydrogen-bond donors (Lipinski definition) is 1. The molecule has 0 amide bonds. The molecule has 1 N–H and O–H groups in total. The van der Waals surface area contributed by atoms with Crippen molar-refractivity contribution >= 4 is 17.7 Å². The maximum absolute atomic E-state index is 14.8. The van der Waals surface area contributed by atoms with Crippen molar-refractivity contribution in [3.8, 4) is 5.75 Å². The van der Waals surface area contributed by atoms with Crippen molar-refractivity contribution in [3.63, 3.8) is 0 Å². The minimum atomic E-state index is -0.394. The summed E-state index contributed by atoms with van der Waals surface area (Å²) in [5.41, 5.74) is 0.127. The minimum Gasteiger partial charge on any atom is -0.493 e. The van der Waals surface area contributed by atoms with E-state index in [1.807, 2.05) is 53.4 Å². The van der Waals surface area contributed by atoms with Crippen LogP contribution < -0.4 is 15.0 Å². The Bertz CT molecular complexity index is 1010. The number of hydrogen-bond acceptors (Lipinski definition) is 8. The van der Waals surface area contributed by atoms with Gasteiger partial charge in [-0.05, 0) is 52.7 Å². The lowest BCUT2D eigenvalue weighted by atomic mass is 10.1. The van der Waals surface area contributed by atoms with Gasteiger partial charge in [0.25, 0.3) is 0 Å². The van der Waals surface area contributed by atoms with E-state index >= 15 is 0 Å². The van der Waals surface area contributed by atoms with Gasteiger partial charge in [-0.3, -0.25) is 4.79 Å². The second-order valence-electron chi connectivity index (χ2n) is 10.3. The molecule has 0 saturated carbocycles. The summed E-state index contributed by atoms with van der Waals surface area (Å²) in [5, 5.41) is 3.16. The maximum atomic E-state index is 14.8. The van der Waals surface area contributed by atoms with Gasteiger partial charge in [0, 0.05) is 17.8 Å². The Morgan fingerprint density at radius 1 is 1.23 bits per heavy atom. The van der Waals surface area contributed by atoms with Gasteiger partial charge < -0.3 is 24.4 Å². The van der Waals surface area contributed by atoms with Crippen LogP contribution in [0.2, 0.25) is 0 Å². The zero-order valence-electron chi connectivity index (χ0n) is 21.7. The molecule has 2 heterocycles. The Morgan fingerprint density at radius 2 is 1.97 bits per heavy atom. The molecule has 1 fully saturated rings. The molecule has 9 heteroatoms. The maximum Gasteiger partial charge on any atom is 0.325 e. The average Bonchev–Trinajstić information content (AvgIpc) is 2.76. The van der Waals surface area contributed by atoms with E-state index < -0.39 is 6.04 Å². The van der Waals surface area contributed by atoms with E-state index in [4.69, 9.17) is 14.2 Å². The summed E-state index contributed by atoms with van der Waals surface area (Å²) < 4.78 is 31.8. The number of anilines is 2. The normalized spacial score (nSPS) is 18.3. The number of esters is 1. The zero-order valence-corrected chi connectivity index (χ0v) is 21.7. The molecule has 0 spiro atoms. The number of benzene rings is 1. The lowest BCUT2D eigenvalue weighted by Crippen LogP contribution is -2.55. The van der Waals surface area contributed by atoms with Crippen molar-refractivity contribution in [2.45, 2.75) is 72.3 Å². The number of cyclic esters (lactones) is 1. The molecule has 3 rings (SSSR count). The predicted octanol–water partition coefficient (Wildman–Crippen LogP) is 4.76. The van der Waals surface area contributed by atoms with Crippen LogP contribution in [0.5, 0.6) is 5.75 Å². The van der Waals surface area contributed by atoms with E-state index in [0.29, 0.717) is 35.6 Å². The third kappa shape index (κ3) is 7.52. The van der Waals surface area contributed by atoms with Crippen LogP contribution in [0.25, 0.3) is 0 Å². The van der Waals surface area contributed by atoms with Crippen LogP contribution in [0.4, 0.5) is 16.2 Å². The fourth-order valence-corrected chi connectivity index (χ4v) is 3.91. The molecule has 1 aromatic heterocycles. The molecule has 0 bridgehead atoms. The largest absolute Gasteiger partial charge is 0.493 e. The van der Waals surface area contributed by atoms with Crippen LogP contribution in [0, 0.1) is 11.7 Å². The summed E-state index contributed by atoms with van der Waals surface area (Å²) in [6, 6.07) is 6.00. The Kier molecular flexibility index (Phi) is 8.53. The van der Waals surface area contributed by atoms with Gasteiger partial charge in [0.05, 0.1) is 30.4 Å². The fourth-order valence-electron chi connectivity index (χ4n) is 3.91. The zero-order chi connectivity index (χ0) is 25.8. The first kappa shape index (κ1) is 26.7. The molecule has 0 aliphatic carbocycles. The van der Waals surface area contributed by atoms with E-state index in [1.54, 1.807) is 24.4 Å². The Balaban J connectivity index is 1.75. The highest BCUT2D eigenvalue weighted by molar-refractivity contribution is 5.77. The summed E-state index contributed by atoms with van der Waals surface area (Å²) in [7, 11) is 0. The first-order valence-electron chi connectivity index (χ1n) is 12.0. The second kappa shape index (κ2) is 11.2. The molecule has 1 aliphatic rings. The number of halogens is 1. The van der Waals surface area contributed by atoms with Crippen LogP contribution in [0.15, 0.2) is 30.5 Å². The van der Waals surface area contributed by atoms with E-state index in [1.165, 1.54) is 6.07 Å². The number of nitrogens with one attached hydrogen (secondary N) is 1. The second-order valence-corrected chi connectivity index (χ2v) is 10.3. The molecule has 1 aliphatic heterocycles. The number of nitrogens with zero attached hydrogens (tertiary/aromatic N) is 3. The molecular formula is C26H37FN4O4. The molecule has 2 aromatic rings. The summed E-state index contributed by atoms with van der Waals surface area (Å²) >= 11 is 0. The number of rotatable bonds is 9. The van der Waals surface area contributed by atoms with Crippen molar-refractivity contribution < 1.29 is 23.4 Å². The molecule has 8 nitrogen and oxygen atoms in total. The van der Waals surface area contributed by atoms with E-state index in [9.17, 15) is 9.18 Å². The Labute approximate surface area is 207 Å². The smallest absolute Gasteiger partial charge is 0.325 e. The van der Waals surface area contributed by atoms with Crippen molar-refractivity contribution in [3.05, 3.63) is 41.8 Å². The molecule has 1 saturated heterocycles. The quantitative estimate of drug-likeness (QED) is 0.506. The fraction of sp³-hybridized carbons (Fsp3) is 0.577. The van der Waals surface area contributed by atoms with E-state index in [-0.39, 0.29) is 42.7 Å². The van der Waals surface area contributed by atoms with Gasteiger partial charge in [-0.1, -0.05) is 19.9 Å². The Morgan fingerprint density at radius 3 is 2.63 bits per heavy atom. The SMILES string of the molecule is CC(C)COc1ccc([C@H](C)Nc2nccc(N3CC(=O)OC[C@@H]3[C@@H](C)OC(C)(C)C)n2)c(F)c1. The number of aromatic nitrogens is 2. The molecule has 3 atom stereocenters. The number of ether oxygens (including phenoxy) is 3. The third-order valence-corrected chi connectivity index (χ3v) is 5.50. The first-order chi connectivity index (χ1) is 16.4. The molecular weight excluding hydrogens is 451 g/mol. The van der Waals surface area contributed by atoms with Gasteiger partial charge in [0.15, 0.2) is 0 Å². The number of carbonyl (C=O) groups is 1. The number of morpholine rings is 1. The van der Waals surface area contributed by atoms with Crippen molar-refractivity contribution in [1.29, 1.82) is 0 Å². The molecule has 192 valence electrons. The minimum absolute atomic E-state index is 0.0565. The summed E-state index contributed by atoms with van der Waals surface area (Å²) in [5.74, 6) is 1.06. The van der Waals surface area contributed by atoms with Crippen molar-refractivity contribution in [2.75, 3.05) is 30.0 Å². The first-order valence-corrected chi connectivity index (χ1v) is 12.0. The third-order valence-electron chi connectivity index (χ3n) is 5.50. The lowest BCUT2D eigenvalue weighted by molar-refractivity contribution is -0.149. The van der Waals surface area contributed by atoms with Crippen LogP contribution >= 0.6 is 0 Å².